The molecule has 0 spiro atoms. The van der Waals surface area contributed by atoms with Crippen molar-refractivity contribution in [1.82, 2.24) is 15.0 Å². The molecule has 1 unspecified atom stereocenters. The topological polar surface area (TPSA) is 68.5 Å². The van der Waals surface area contributed by atoms with Crippen LogP contribution in [0.5, 0.6) is 0 Å². The van der Waals surface area contributed by atoms with Crippen molar-refractivity contribution in [3.05, 3.63) is 47.6 Å². The molecule has 0 saturated carbocycles. The maximum absolute atomic E-state index is 12.5. The minimum Gasteiger partial charge on any atom is -0.367 e. The fourth-order valence-electron chi connectivity index (χ4n) is 2.86. The van der Waals surface area contributed by atoms with Gasteiger partial charge in [-0.15, -0.1) is 0 Å². The van der Waals surface area contributed by atoms with Crippen molar-refractivity contribution in [2.45, 2.75) is 45.3 Å². The Morgan fingerprint density at radius 2 is 2.17 bits per heavy atom. The van der Waals surface area contributed by atoms with Gasteiger partial charge in [-0.25, -0.2) is 0 Å². The standard InChI is InChI=1S/C18H23N3O3/c1-13(2)18-19-17(20-24-18)15-9-6-10-21(15)16(22)12-23-11-14-7-4-3-5-8-14/h3-5,7-8,13,15H,6,9-12H2,1-2H3. The average molecular weight is 329 g/mol. The molecule has 1 saturated heterocycles. The summed E-state index contributed by atoms with van der Waals surface area (Å²) in [6.07, 6.45) is 1.81. The molecule has 6 nitrogen and oxygen atoms in total. The monoisotopic (exact) mass is 329 g/mol. The predicted molar refractivity (Wildman–Crippen MR) is 88.2 cm³/mol. The van der Waals surface area contributed by atoms with Gasteiger partial charge in [0, 0.05) is 12.5 Å². The third-order valence-corrected chi connectivity index (χ3v) is 4.16. The van der Waals surface area contributed by atoms with E-state index in [1.165, 1.54) is 0 Å². The van der Waals surface area contributed by atoms with E-state index in [2.05, 4.69) is 10.1 Å². The molecule has 1 aromatic carbocycles. The Labute approximate surface area is 141 Å². The number of carbonyl (C=O) groups is 1. The zero-order valence-corrected chi connectivity index (χ0v) is 14.1. The van der Waals surface area contributed by atoms with Crippen LogP contribution in [0.2, 0.25) is 0 Å². The van der Waals surface area contributed by atoms with E-state index in [4.69, 9.17) is 9.26 Å². The van der Waals surface area contributed by atoms with Crippen LogP contribution in [0.15, 0.2) is 34.9 Å². The molecule has 1 fully saturated rings. The zero-order valence-electron chi connectivity index (χ0n) is 14.1. The van der Waals surface area contributed by atoms with Crippen molar-refractivity contribution < 1.29 is 14.1 Å². The highest BCUT2D eigenvalue weighted by Gasteiger charge is 2.33. The normalized spacial score (nSPS) is 17.6. The predicted octanol–water partition coefficient (Wildman–Crippen LogP) is 3.07. The number of amides is 1. The molecular weight excluding hydrogens is 306 g/mol. The molecule has 1 aromatic heterocycles. The Morgan fingerprint density at radius 1 is 1.38 bits per heavy atom. The average Bonchev–Trinajstić information content (AvgIpc) is 3.24. The fraction of sp³-hybridized carbons (Fsp3) is 0.500. The van der Waals surface area contributed by atoms with Gasteiger partial charge in [-0.3, -0.25) is 4.79 Å². The maximum atomic E-state index is 12.5. The minimum absolute atomic E-state index is 0.0238. The summed E-state index contributed by atoms with van der Waals surface area (Å²) in [5, 5.41) is 4.06. The van der Waals surface area contributed by atoms with Gasteiger partial charge in [0.25, 0.3) is 0 Å². The highest BCUT2D eigenvalue weighted by Crippen LogP contribution is 2.30. The van der Waals surface area contributed by atoms with Crippen LogP contribution >= 0.6 is 0 Å². The molecule has 0 bridgehead atoms. The SMILES string of the molecule is CC(C)c1nc(C2CCCN2C(=O)COCc2ccccc2)no1. The molecule has 1 amide bonds. The van der Waals surface area contributed by atoms with E-state index in [-0.39, 0.29) is 24.5 Å². The van der Waals surface area contributed by atoms with Crippen LogP contribution in [0.3, 0.4) is 0 Å². The second-order valence-corrected chi connectivity index (χ2v) is 6.37. The van der Waals surface area contributed by atoms with Crippen LogP contribution in [0.4, 0.5) is 0 Å². The number of carbonyl (C=O) groups excluding carboxylic acids is 1. The highest BCUT2D eigenvalue weighted by atomic mass is 16.5. The summed E-state index contributed by atoms with van der Waals surface area (Å²) in [7, 11) is 0. The van der Waals surface area contributed by atoms with Crippen molar-refractivity contribution >= 4 is 5.91 Å². The third-order valence-electron chi connectivity index (χ3n) is 4.16. The number of nitrogens with zero attached hydrogens (tertiary/aromatic N) is 3. The quantitative estimate of drug-likeness (QED) is 0.814. The molecule has 2 aromatic rings. The number of hydrogen-bond acceptors (Lipinski definition) is 5. The van der Waals surface area contributed by atoms with Gasteiger partial charge in [-0.1, -0.05) is 49.3 Å². The summed E-state index contributed by atoms with van der Waals surface area (Å²) >= 11 is 0. The van der Waals surface area contributed by atoms with E-state index < -0.39 is 0 Å². The highest BCUT2D eigenvalue weighted by molar-refractivity contribution is 5.78. The Kier molecular flexibility index (Phi) is 5.25. The van der Waals surface area contributed by atoms with Crippen LogP contribution < -0.4 is 0 Å². The van der Waals surface area contributed by atoms with Crippen LogP contribution in [-0.4, -0.2) is 34.1 Å². The first kappa shape index (κ1) is 16.6. The minimum atomic E-state index is -0.103. The van der Waals surface area contributed by atoms with Gasteiger partial charge < -0.3 is 14.2 Å². The summed E-state index contributed by atoms with van der Waals surface area (Å²) in [6, 6.07) is 9.74. The van der Waals surface area contributed by atoms with Gasteiger partial charge in [0.1, 0.15) is 6.61 Å². The van der Waals surface area contributed by atoms with Gasteiger partial charge in [-0.05, 0) is 18.4 Å². The number of rotatable bonds is 6. The van der Waals surface area contributed by atoms with Crippen molar-refractivity contribution in [2.24, 2.45) is 0 Å². The number of aromatic nitrogens is 2. The van der Waals surface area contributed by atoms with E-state index >= 15 is 0 Å². The van der Waals surface area contributed by atoms with E-state index in [9.17, 15) is 4.79 Å². The van der Waals surface area contributed by atoms with Crippen LogP contribution in [0.25, 0.3) is 0 Å². The molecule has 1 aliphatic rings. The first-order valence-corrected chi connectivity index (χ1v) is 8.40. The van der Waals surface area contributed by atoms with Crippen molar-refractivity contribution in [2.75, 3.05) is 13.2 Å². The van der Waals surface area contributed by atoms with Gasteiger partial charge in [0.15, 0.2) is 5.82 Å². The largest absolute Gasteiger partial charge is 0.367 e. The van der Waals surface area contributed by atoms with Crippen molar-refractivity contribution in [1.29, 1.82) is 0 Å². The summed E-state index contributed by atoms with van der Waals surface area (Å²) in [5.41, 5.74) is 1.06. The lowest BCUT2D eigenvalue weighted by Gasteiger charge is -2.22. The molecule has 128 valence electrons. The first-order valence-electron chi connectivity index (χ1n) is 8.40. The lowest BCUT2D eigenvalue weighted by molar-refractivity contribution is -0.137. The number of ether oxygens (including phenoxy) is 1. The van der Waals surface area contributed by atoms with E-state index in [0.717, 1.165) is 18.4 Å². The second-order valence-electron chi connectivity index (χ2n) is 6.37. The summed E-state index contributed by atoms with van der Waals surface area (Å²) in [4.78, 5) is 18.7. The lowest BCUT2D eigenvalue weighted by Crippen LogP contribution is -2.34. The Morgan fingerprint density at radius 3 is 2.88 bits per heavy atom. The van der Waals surface area contributed by atoms with E-state index in [1.807, 2.05) is 44.2 Å². The summed E-state index contributed by atoms with van der Waals surface area (Å²) in [6.45, 7) is 5.23. The van der Waals surface area contributed by atoms with Gasteiger partial charge in [0.05, 0.1) is 12.6 Å². The summed E-state index contributed by atoms with van der Waals surface area (Å²) < 4.78 is 10.8. The van der Waals surface area contributed by atoms with Gasteiger partial charge in [0.2, 0.25) is 11.8 Å². The molecule has 6 heteroatoms. The lowest BCUT2D eigenvalue weighted by atomic mass is 10.2. The third kappa shape index (κ3) is 3.82. The first-order chi connectivity index (χ1) is 11.6. The smallest absolute Gasteiger partial charge is 0.249 e. The number of hydrogen-bond donors (Lipinski definition) is 0. The van der Waals surface area contributed by atoms with Gasteiger partial charge in [-0.2, -0.15) is 4.98 Å². The molecule has 0 N–H and O–H groups in total. The number of benzene rings is 1. The molecule has 0 aliphatic carbocycles. The van der Waals surface area contributed by atoms with Gasteiger partial charge >= 0.3 is 0 Å². The van der Waals surface area contributed by atoms with Crippen molar-refractivity contribution in [3.8, 4) is 0 Å². The van der Waals surface area contributed by atoms with Crippen molar-refractivity contribution in [3.63, 3.8) is 0 Å². The van der Waals surface area contributed by atoms with Crippen LogP contribution in [-0.2, 0) is 16.1 Å². The maximum Gasteiger partial charge on any atom is 0.249 e. The Hall–Kier alpha value is -2.21. The van der Waals surface area contributed by atoms with Crippen LogP contribution in [0.1, 0.15) is 55.9 Å². The Bertz CT molecular complexity index is 669. The molecular formula is C18H23N3O3. The Balaban J connectivity index is 1.57. The number of likely N-dealkylation sites (tertiary alicyclic amines) is 1. The molecule has 2 heterocycles. The fourth-order valence-corrected chi connectivity index (χ4v) is 2.86. The second kappa shape index (κ2) is 7.57. The van der Waals surface area contributed by atoms with E-state index in [0.29, 0.717) is 24.9 Å². The summed E-state index contributed by atoms with van der Waals surface area (Å²) in [5.74, 6) is 1.38. The van der Waals surface area contributed by atoms with Crippen LogP contribution in [0, 0.1) is 0 Å². The van der Waals surface area contributed by atoms with E-state index in [1.54, 1.807) is 4.90 Å². The molecule has 0 radical (unpaired) electrons. The zero-order chi connectivity index (χ0) is 16.9. The molecule has 24 heavy (non-hydrogen) atoms. The molecule has 1 atom stereocenters. The molecule has 1 aliphatic heterocycles. The molecule has 3 rings (SSSR count).